The van der Waals surface area contributed by atoms with E-state index in [0.717, 1.165) is 23.4 Å². The van der Waals surface area contributed by atoms with Crippen molar-refractivity contribution in [1.29, 1.82) is 0 Å². The first-order chi connectivity index (χ1) is 8.20. The second kappa shape index (κ2) is 5.79. The number of anilines is 1. The monoisotopic (exact) mass is 233 g/mol. The van der Waals surface area contributed by atoms with Gasteiger partial charge < -0.3 is 15.1 Å². The number of nitrogen functional groups attached to an aromatic ring is 1. The van der Waals surface area contributed by atoms with Crippen molar-refractivity contribution >= 4 is 12.6 Å². The number of pyridine rings is 1. The first-order valence-electron chi connectivity index (χ1n) is 5.18. The second-order valence-electron chi connectivity index (χ2n) is 3.42. The highest BCUT2D eigenvalue weighted by Crippen LogP contribution is 2.25. The molecule has 0 unspecified atom stereocenters. The summed E-state index contributed by atoms with van der Waals surface area (Å²) in [7, 11) is 0. The van der Waals surface area contributed by atoms with Gasteiger partial charge in [0.15, 0.2) is 5.76 Å². The zero-order valence-electron chi connectivity index (χ0n) is 9.93. The summed E-state index contributed by atoms with van der Waals surface area (Å²) in [6.07, 6.45) is 0.850. The van der Waals surface area contributed by atoms with Crippen LogP contribution < -0.4 is 5.73 Å². The van der Waals surface area contributed by atoms with Crippen LogP contribution in [0.15, 0.2) is 22.7 Å². The van der Waals surface area contributed by atoms with Gasteiger partial charge in [0.05, 0.1) is 11.3 Å². The molecule has 17 heavy (non-hydrogen) atoms. The van der Waals surface area contributed by atoms with E-state index in [9.17, 15) is 0 Å². The third-order valence-corrected chi connectivity index (χ3v) is 2.25. The molecule has 0 saturated carbocycles. The van der Waals surface area contributed by atoms with Crippen LogP contribution in [0.3, 0.4) is 0 Å². The molecule has 0 saturated heterocycles. The maximum Gasteiger partial charge on any atom is 0.170 e. The fourth-order valence-corrected chi connectivity index (χ4v) is 1.39. The molecular weight excluding hydrogens is 218 g/mol. The van der Waals surface area contributed by atoms with E-state index in [1.165, 1.54) is 0 Å². The molecule has 90 valence electrons. The van der Waals surface area contributed by atoms with E-state index in [-0.39, 0.29) is 0 Å². The van der Waals surface area contributed by atoms with E-state index < -0.39 is 0 Å². The standard InChI is InChI=1S/C11H13N3O.CH2O/c1-3-8-6-10(15-14-8)9-5-4-7(2)13-11(9)12;1-2/h4-6H,3H2,1-2H3,(H2,12,13);1H2. The Hall–Kier alpha value is -2.17. The van der Waals surface area contributed by atoms with Gasteiger partial charge in [0.1, 0.15) is 12.6 Å². The SMILES string of the molecule is C=O.CCc1cc(-c2ccc(C)nc2N)on1. The number of hydrogen-bond donors (Lipinski definition) is 1. The molecule has 0 amide bonds. The summed E-state index contributed by atoms with van der Waals surface area (Å²) >= 11 is 0. The Bertz CT molecular complexity index is 494. The molecule has 2 aromatic rings. The van der Waals surface area contributed by atoms with Crippen molar-refractivity contribution in [3.63, 3.8) is 0 Å². The highest BCUT2D eigenvalue weighted by Gasteiger charge is 2.09. The van der Waals surface area contributed by atoms with E-state index in [1.807, 2.05) is 38.8 Å². The average Bonchev–Trinajstić information content (AvgIpc) is 2.80. The van der Waals surface area contributed by atoms with Gasteiger partial charge in [-0.05, 0) is 25.5 Å². The number of nitrogens with two attached hydrogens (primary N) is 1. The van der Waals surface area contributed by atoms with Crippen molar-refractivity contribution in [1.82, 2.24) is 10.1 Å². The van der Waals surface area contributed by atoms with Gasteiger partial charge in [-0.25, -0.2) is 4.98 Å². The van der Waals surface area contributed by atoms with Crippen LogP contribution in [-0.4, -0.2) is 16.9 Å². The maximum atomic E-state index is 8.00. The minimum atomic E-state index is 0.480. The molecule has 0 bridgehead atoms. The van der Waals surface area contributed by atoms with Crippen LogP contribution in [0, 0.1) is 6.92 Å². The minimum Gasteiger partial charge on any atom is -0.383 e. The Balaban J connectivity index is 0.000000686. The van der Waals surface area contributed by atoms with Gasteiger partial charge in [-0.15, -0.1) is 0 Å². The van der Waals surface area contributed by atoms with Crippen LogP contribution in [-0.2, 0) is 11.2 Å². The van der Waals surface area contributed by atoms with Gasteiger partial charge in [-0.3, -0.25) is 0 Å². The van der Waals surface area contributed by atoms with Crippen molar-refractivity contribution in [2.45, 2.75) is 20.3 Å². The topological polar surface area (TPSA) is 82.0 Å². The zero-order chi connectivity index (χ0) is 12.8. The van der Waals surface area contributed by atoms with Gasteiger partial charge in [0, 0.05) is 11.8 Å². The summed E-state index contributed by atoms with van der Waals surface area (Å²) < 4.78 is 5.19. The average molecular weight is 233 g/mol. The van der Waals surface area contributed by atoms with Crippen molar-refractivity contribution in [3.05, 3.63) is 29.6 Å². The third kappa shape index (κ3) is 2.90. The number of carbonyl (C=O) groups excluding carboxylic acids is 1. The van der Waals surface area contributed by atoms with Crippen LogP contribution in [0.4, 0.5) is 5.82 Å². The van der Waals surface area contributed by atoms with E-state index >= 15 is 0 Å². The van der Waals surface area contributed by atoms with Gasteiger partial charge in [-0.1, -0.05) is 12.1 Å². The first kappa shape index (κ1) is 12.9. The maximum absolute atomic E-state index is 8.00. The molecule has 2 heterocycles. The Morgan fingerprint density at radius 2 is 2.12 bits per heavy atom. The van der Waals surface area contributed by atoms with Crippen LogP contribution >= 0.6 is 0 Å². The molecule has 0 aromatic carbocycles. The molecule has 5 nitrogen and oxygen atoms in total. The molecule has 5 heteroatoms. The Labute approximate surface area is 99.6 Å². The molecule has 2 aromatic heterocycles. The summed E-state index contributed by atoms with van der Waals surface area (Å²) in [4.78, 5) is 12.2. The number of hydrogen-bond acceptors (Lipinski definition) is 5. The van der Waals surface area contributed by atoms with E-state index in [2.05, 4.69) is 10.1 Å². The summed E-state index contributed by atoms with van der Waals surface area (Å²) in [5, 5.41) is 3.92. The highest BCUT2D eigenvalue weighted by atomic mass is 16.5. The van der Waals surface area contributed by atoms with Crippen LogP contribution in [0.25, 0.3) is 11.3 Å². The summed E-state index contributed by atoms with van der Waals surface area (Å²) in [5.41, 5.74) is 8.42. The molecule has 0 fully saturated rings. The fraction of sp³-hybridized carbons (Fsp3) is 0.250. The van der Waals surface area contributed by atoms with E-state index in [0.29, 0.717) is 11.6 Å². The second-order valence-corrected chi connectivity index (χ2v) is 3.42. The fourth-order valence-electron chi connectivity index (χ4n) is 1.39. The van der Waals surface area contributed by atoms with Crippen molar-refractivity contribution < 1.29 is 9.32 Å². The molecule has 0 atom stereocenters. The Morgan fingerprint density at radius 3 is 2.65 bits per heavy atom. The van der Waals surface area contributed by atoms with Gasteiger partial charge >= 0.3 is 0 Å². The Kier molecular flexibility index (Phi) is 4.39. The molecule has 0 spiro atoms. The van der Waals surface area contributed by atoms with Gasteiger partial charge in [0.25, 0.3) is 0 Å². The number of aromatic nitrogens is 2. The predicted octanol–water partition coefficient (Wildman–Crippen LogP) is 2.00. The van der Waals surface area contributed by atoms with Gasteiger partial charge in [-0.2, -0.15) is 0 Å². The lowest BCUT2D eigenvalue weighted by Crippen LogP contribution is -1.94. The summed E-state index contributed by atoms with van der Waals surface area (Å²) in [5.74, 6) is 1.16. The van der Waals surface area contributed by atoms with Crippen molar-refractivity contribution in [2.75, 3.05) is 5.73 Å². The van der Waals surface area contributed by atoms with Crippen LogP contribution in [0.5, 0.6) is 0 Å². The molecule has 0 aliphatic carbocycles. The number of nitrogens with zero attached hydrogens (tertiary/aromatic N) is 2. The van der Waals surface area contributed by atoms with Crippen molar-refractivity contribution in [3.8, 4) is 11.3 Å². The molecule has 0 aliphatic rings. The first-order valence-corrected chi connectivity index (χ1v) is 5.18. The number of rotatable bonds is 2. The molecular formula is C12H15N3O2. The molecule has 2 rings (SSSR count). The Morgan fingerprint density at radius 1 is 1.41 bits per heavy atom. The van der Waals surface area contributed by atoms with E-state index in [4.69, 9.17) is 15.1 Å². The number of aryl methyl sites for hydroxylation is 2. The lowest BCUT2D eigenvalue weighted by Gasteiger charge is -2.00. The summed E-state index contributed by atoms with van der Waals surface area (Å²) in [6.45, 7) is 5.93. The zero-order valence-corrected chi connectivity index (χ0v) is 9.93. The smallest absolute Gasteiger partial charge is 0.170 e. The normalized spacial score (nSPS) is 9.53. The number of carbonyl (C=O) groups is 1. The van der Waals surface area contributed by atoms with Crippen molar-refractivity contribution in [2.24, 2.45) is 0 Å². The minimum absolute atomic E-state index is 0.480. The summed E-state index contributed by atoms with van der Waals surface area (Å²) in [6, 6.07) is 5.69. The van der Waals surface area contributed by atoms with Crippen LogP contribution in [0.2, 0.25) is 0 Å². The largest absolute Gasteiger partial charge is 0.383 e. The quantitative estimate of drug-likeness (QED) is 0.857. The van der Waals surface area contributed by atoms with Crippen LogP contribution in [0.1, 0.15) is 18.3 Å². The van der Waals surface area contributed by atoms with Gasteiger partial charge in [0.2, 0.25) is 0 Å². The molecule has 0 aliphatic heterocycles. The highest BCUT2D eigenvalue weighted by molar-refractivity contribution is 5.69. The predicted molar refractivity (Wildman–Crippen MR) is 65.4 cm³/mol. The third-order valence-electron chi connectivity index (χ3n) is 2.25. The molecule has 2 N–H and O–H groups in total. The lowest BCUT2D eigenvalue weighted by molar-refractivity contribution is -0.0979. The van der Waals surface area contributed by atoms with E-state index in [1.54, 1.807) is 0 Å². The molecule has 0 radical (unpaired) electrons. The lowest BCUT2D eigenvalue weighted by atomic mass is 10.1.